The van der Waals surface area contributed by atoms with E-state index in [9.17, 15) is 14.7 Å². The number of aryl methyl sites for hydroxylation is 2. The average Bonchev–Trinajstić information content (AvgIpc) is 4.07. The summed E-state index contributed by atoms with van der Waals surface area (Å²) in [6.45, 7) is 3.71. The molecule has 17 heteroatoms. The number of methoxy groups -OCH3 is 2. The van der Waals surface area contributed by atoms with Crippen molar-refractivity contribution in [1.82, 2.24) is 25.0 Å². The van der Waals surface area contributed by atoms with Gasteiger partial charge in [0.2, 0.25) is 5.91 Å². The van der Waals surface area contributed by atoms with Gasteiger partial charge in [-0.25, -0.2) is 25.0 Å². The normalized spacial score (nSPS) is 17.0. The smallest absolute Gasteiger partial charge is 0.306 e. The van der Waals surface area contributed by atoms with Crippen molar-refractivity contribution in [3.05, 3.63) is 80.1 Å². The molecule has 4 aliphatic rings. The number of benzene rings is 2. The molecule has 6 aromatic rings. The third kappa shape index (κ3) is 7.41. The van der Waals surface area contributed by atoms with Gasteiger partial charge in [0.1, 0.15) is 45.5 Å². The lowest BCUT2D eigenvalue weighted by Gasteiger charge is -2.25. The molecule has 4 aromatic heterocycles. The second-order valence-corrected chi connectivity index (χ2v) is 17.1. The summed E-state index contributed by atoms with van der Waals surface area (Å²) in [5, 5.41) is 19.7. The summed E-state index contributed by atoms with van der Waals surface area (Å²) in [5.74, 6) is 1.90. The minimum Gasteiger partial charge on any atom is -0.495 e. The number of anilines is 4. The van der Waals surface area contributed by atoms with Crippen LogP contribution in [0.2, 0.25) is 0 Å². The molecule has 0 bridgehead atoms. The van der Waals surface area contributed by atoms with Gasteiger partial charge in [-0.05, 0) is 103 Å². The van der Waals surface area contributed by atoms with Crippen LogP contribution in [-0.4, -0.2) is 82.3 Å². The fourth-order valence-corrected chi connectivity index (χ4v) is 10.9. The van der Waals surface area contributed by atoms with Crippen molar-refractivity contribution in [3.8, 4) is 11.5 Å². The second kappa shape index (κ2) is 16.5. The van der Waals surface area contributed by atoms with Gasteiger partial charge in [-0.3, -0.25) is 24.4 Å². The zero-order chi connectivity index (χ0) is 41.5. The van der Waals surface area contributed by atoms with Crippen LogP contribution < -0.4 is 20.1 Å². The Morgan fingerprint density at radius 3 is 1.75 bits per heavy atom. The van der Waals surface area contributed by atoms with Crippen molar-refractivity contribution in [2.24, 2.45) is 21.8 Å². The highest BCUT2D eigenvalue weighted by Gasteiger charge is 2.32. The predicted octanol–water partition coefficient (Wildman–Crippen LogP) is 7.46. The van der Waals surface area contributed by atoms with Crippen molar-refractivity contribution in [3.63, 3.8) is 0 Å². The first kappa shape index (κ1) is 39.4. The number of ether oxygens (including phenoxy) is 2. The van der Waals surface area contributed by atoms with Gasteiger partial charge in [-0.2, -0.15) is 0 Å². The number of rotatable bonds is 10. The predicted molar refractivity (Wildman–Crippen MR) is 233 cm³/mol. The number of nitrogens with one attached hydrogen (secondary N) is 2. The maximum atomic E-state index is 12.7. The molecule has 6 heterocycles. The molecule has 3 N–H and O–H groups in total. The van der Waals surface area contributed by atoms with E-state index in [1.807, 2.05) is 37.6 Å². The minimum atomic E-state index is -0.725. The van der Waals surface area contributed by atoms with Crippen molar-refractivity contribution in [2.45, 2.75) is 58.5 Å². The molecule has 2 aliphatic carbocycles. The summed E-state index contributed by atoms with van der Waals surface area (Å²) >= 11 is 3.21. The fourth-order valence-electron chi connectivity index (χ4n) is 8.41. The van der Waals surface area contributed by atoms with Gasteiger partial charge >= 0.3 is 5.97 Å². The molecule has 0 saturated carbocycles. The fraction of sp³-hybridized carbons (Fsp3) is 0.349. The average molecular weight is 846 g/mol. The van der Waals surface area contributed by atoms with E-state index in [1.165, 1.54) is 21.1 Å². The molecule has 0 saturated heterocycles. The molecule has 1 amide bonds. The molecule has 308 valence electrons. The van der Waals surface area contributed by atoms with Crippen LogP contribution in [0.4, 0.5) is 23.0 Å². The van der Waals surface area contributed by atoms with Crippen LogP contribution >= 0.6 is 22.7 Å². The standard InChI is InChI=1S/C23H25N5O3S.C20H18N4O3S/c1-4-31-28(2)23(29)13-5-6-16-19(9-13)32-22-20(16)21(25-12-26-22)27-17-7-14-10-24-11-15(14)8-18(17)30-3;1-27-15-5-12-8-21-7-11(12)4-14(15)24-18-17-13-3-2-10(20(25)26)6-16(13)28-19(17)23-9-22-18/h7-8,10,12-13H,4-6,9,11H2,1-3H3,(H,25,26,27);4-5,7,9-10H,2-3,6,8H2,1H3,(H,25,26)(H,22,23,24)/t13-;10-/m00/s1. The first-order valence-corrected chi connectivity index (χ1v) is 21.4. The van der Waals surface area contributed by atoms with Crippen LogP contribution in [0.25, 0.3) is 20.4 Å². The van der Waals surface area contributed by atoms with Crippen LogP contribution in [0.15, 0.2) is 46.9 Å². The summed E-state index contributed by atoms with van der Waals surface area (Å²) in [6.07, 6.45) is 11.1. The topological polar surface area (TPSA) is 186 Å². The van der Waals surface area contributed by atoms with Gasteiger partial charge in [-0.1, -0.05) is 0 Å². The zero-order valence-electron chi connectivity index (χ0n) is 33.6. The zero-order valence-corrected chi connectivity index (χ0v) is 35.2. The summed E-state index contributed by atoms with van der Waals surface area (Å²) in [6, 6.07) is 8.11. The van der Waals surface area contributed by atoms with Crippen LogP contribution in [0, 0.1) is 11.8 Å². The molecule has 2 aliphatic heterocycles. The quantitative estimate of drug-likeness (QED) is 0.116. The number of carbonyl (C=O) groups is 2. The van der Waals surface area contributed by atoms with E-state index in [1.54, 1.807) is 56.6 Å². The SMILES string of the molecule is CCON(C)C(=O)[C@H]1CCc2c(sc3ncnc(Nc4cc5c(cc4OC)CN=C5)c23)C1.COc1cc2c(cc1Nc1ncnc3sc4c(c13)CC[C@H](C(=O)O)C4)C=NC2. The Morgan fingerprint density at radius 1 is 0.767 bits per heavy atom. The molecular weight excluding hydrogens is 803 g/mol. The van der Waals surface area contributed by atoms with E-state index < -0.39 is 5.97 Å². The van der Waals surface area contributed by atoms with Gasteiger partial charge < -0.3 is 25.2 Å². The van der Waals surface area contributed by atoms with Gasteiger partial charge in [0.25, 0.3) is 0 Å². The first-order chi connectivity index (χ1) is 29.2. The molecule has 2 atom stereocenters. The summed E-state index contributed by atoms with van der Waals surface area (Å²) < 4.78 is 11.2. The van der Waals surface area contributed by atoms with Crippen LogP contribution in [-0.2, 0) is 53.2 Å². The van der Waals surface area contributed by atoms with Crippen LogP contribution in [0.5, 0.6) is 11.5 Å². The largest absolute Gasteiger partial charge is 0.495 e. The lowest BCUT2D eigenvalue weighted by Crippen LogP contribution is -2.35. The van der Waals surface area contributed by atoms with E-state index in [4.69, 9.17) is 14.3 Å². The number of aliphatic carboxylic acids is 1. The molecular formula is C43H43N9O6S2. The third-order valence-corrected chi connectivity index (χ3v) is 13.8. The van der Waals surface area contributed by atoms with Gasteiger partial charge in [-0.15, -0.1) is 22.7 Å². The lowest BCUT2D eigenvalue weighted by atomic mass is 9.87. The maximum absolute atomic E-state index is 12.7. The number of hydrogen-bond donors (Lipinski definition) is 3. The number of nitrogens with zero attached hydrogens (tertiary/aromatic N) is 7. The van der Waals surface area contributed by atoms with Crippen molar-refractivity contribution >= 4 is 90.4 Å². The van der Waals surface area contributed by atoms with Crippen LogP contribution in [0.3, 0.4) is 0 Å². The van der Waals surface area contributed by atoms with Crippen molar-refractivity contribution in [2.75, 3.05) is 38.5 Å². The van der Waals surface area contributed by atoms with E-state index in [2.05, 4.69) is 46.6 Å². The first-order valence-electron chi connectivity index (χ1n) is 19.8. The Balaban J connectivity index is 0.000000155. The number of aliphatic imine (C=N–C) groups is 2. The van der Waals surface area contributed by atoms with Crippen molar-refractivity contribution < 1.29 is 29.0 Å². The van der Waals surface area contributed by atoms with Gasteiger partial charge in [0.05, 0.1) is 62.0 Å². The summed E-state index contributed by atoms with van der Waals surface area (Å²) in [7, 11) is 5.01. The molecule has 60 heavy (non-hydrogen) atoms. The van der Waals surface area contributed by atoms with E-state index in [-0.39, 0.29) is 17.7 Å². The Hall–Kier alpha value is -6.04. The summed E-state index contributed by atoms with van der Waals surface area (Å²) in [5.41, 5.74) is 8.54. The van der Waals surface area contributed by atoms with E-state index >= 15 is 0 Å². The number of fused-ring (bicyclic) bond motifs is 8. The molecule has 10 rings (SSSR count). The molecule has 0 unspecified atom stereocenters. The van der Waals surface area contributed by atoms with E-state index in [0.29, 0.717) is 39.0 Å². The molecule has 15 nitrogen and oxygen atoms in total. The molecule has 0 fully saturated rings. The van der Waals surface area contributed by atoms with Gasteiger partial charge in [0, 0.05) is 35.1 Å². The summed E-state index contributed by atoms with van der Waals surface area (Å²) in [4.78, 5) is 60.3. The highest BCUT2D eigenvalue weighted by molar-refractivity contribution is 7.19. The number of carboxylic acids is 1. The monoisotopic (exact) mass is 845 g/mol. The minimum absolute atomic E-state index is 0.0314. The number of hydroxylamine groups is 2. The van der Waals surface area contributed by atoms with Gasteiger partial charge in [0.15, 0.2) is 0 Å². The number of carboxylic acid groups (broad SMARTS) is 1. The Morgan fingerprint density at radius 2 is 1.27 bits per heavy atom. The molecule has 2 aromatic carbocycles. The lowest BCUT2D eigenvalue weighted by molar-refractivity contribution is -0.181. The maximum Gasteiger partial charge on any atom is 0.306 e. The Bertz CT molecular complexity index is 2730. The Labute approximate surface area is 353 Å². The number of hydrogen-bond acceptors (Lipinski definition) is 15. The van der Waals surface area contributed by atoms with Crippen LogP contribution in [0.1, 0.15) is 62.9 Å². The molecule has 0 spiro atoms. The molecule has 0 radical (unpaired) electrons. The highest BCUT2D eigenvalue weighted by atomic mass is 32.1. The number of aromatic nitrogens is 4. The third-order valence-electron chi connectivity index (χ3n) is 11.4. The van der Waals surface area contributed by atoms with E-state index in [0.717, 1.165) is 101 Å². The highest BCUT2D eigenvalue weighted by Crippen LogP contribution is 2.44. The number of amides is 1. The number of carbonyl (C=O) groups excluding carboxylic acids is 1. The number of thiophene rings is 2. The Kier molecular flexibility index (Phi) is 10.9. The second-order valence-electron chi connectivity index (χ2n) is 15.0. The van der Waals surface area contributed by atoms with Crippen molar-refractivity contribution in [1.29, 1.82) is 0 Å².